The zero-order valence-electron chi connectivity index (χ0n) is 13.0. The molecule has 1 unspecified atom stereocenters. The summed E-state index contributed by atoms with van der Waals surface area (Å²) >= 11 is 2.13. The second-order valence-electron chi connectivity index (χ2n) is 4.69. The second-order valence-corrected chi connectivity index (χ2v) is 6.46. The lowest BCUT2D eigenvalue weighted by Gasteiger charge is -2.18. The Bertz CT molecular complexity index is 744. The highest BCUT2D eigenvalue weighted by Gasteiger charge is 2.19. The monoisotopic (exact) mass is 452 g/mol. The molecule has 0 saturated carbocycles. The molecule has 0 aliphatic carbocycles. The summed E-state index contributed by atoms with van der Waals surface area (Å²) in [5.41, 5.74) is 1.79. The third-order valence-electron chi connectivity index (χ3n) is 3.29. The van der Waals surface area contributed by atoms with Gasteiger partial charge in [0.1, 0.15) is 29.2 Å². The molecule has 120 valence electrons. The van der Waals surface area contributed by atoms with Crippen LogP contribution < -0.4 is 16.5 Å². The molecule has 0 spiro atoms. The van der Waals surface area contributed by atoms with Crippen LogP contribution in [0.2, 0.25) is 0 Å². The number of fused-ring (bicyclic) bond motifs is 1. The molecule has 0 fully saturated rings. The molecule has 24 heavy (non-hydrogen) atoms. The van der Waals surface area contributed by atoms with Crippen LogP contribution in [0.4, 0.5) is 0 Å². The van der Waals surface area contributed by atoms with Gasteiger partial charge in [0.2, 0.25) is 0 Å². The second kappa shape index (κ2) is 9.22. The number of aromatic nitrogens is 2. The topological polar surface area (TPSA) is 62.1 Å². The number of hydrogen-bond acceptors (Lipinski definition) is 5. The molecular formula is C13H13B3IN2O4P. The molecule has 0 aliphatic heterocycles. The Balaban J connectivity index is 2.34. The van der Waals surface area contributed by atoms with Crippen LogP contribution in [0.3, 0.4) is 0 Å². The van der Waals surface area contributed by atoms with Crippen LogP contribution >= 0.6 is 28.5 Å². The maximum Gasteiger partial charge on any atom is 0.356 e. The van der Waals surface area contributed by atoms with E-state index in [0.29, 0.717) is 36.3 Å². The van der Waals surface area contributed by atoms with Crippen molar-refractivity contribution in [2.75, 3.05) is 19.8 Å². The first-order chi connectivity index (χ1) is 11.5. The SMILES string of the molecule is [B]c1c(COCCOPI)c([B])c2ncc(C(=O)OCC)n2c1[B]. The van der Waals surface area contributed by atoms with Crippen molar-refractivity contribution in [3.8, 4) is 0 Å². The van der Waals surface area contributed by atoms with Crippen LogP contribution in [0.15, 0.2) is 6.20 Å². The van der Waals surface area contributed by atoms with Gasteiger partial charge in [-0.05, 0) is 45.6 Å². The number of ether oxygens (including phenoxy) is 2. The molecule has 2 aromatic rings. The van der Waals surface area contributed by atoms with Gasteiger partial charge in [-0.15, -0.1) is 0 Å². The van der Waals surface area contributed by atoms with Gasteiger partial charge in [-0.25, -0.2) is 9.78 Å². The number of nitrogens with zero attached hydrogens (tertiary/aromatic N) is 2. The number of imidazole rings is 1. The third kappa shape index (κ3) is 4.15. The highest BCUT2D eigenvalue weighted by Crippen LogP contribution is 2.20. The van der Waals surface area contributed by atoms with E-state index in [4.69, 9.17) is 37.5 Å². The van der Waals surface area contributed by atoms with Crippen molar-refractivity contribution in [1.82, 2.24) is 9.38 Å². The third-order valence-corrected chi connectivity index (χ3v) is 4.53. The minimum atomic E-state index is -0.545. The highest BCUT2D eigenvalue weighted by atomic mass is 127. The van der Waals surface area contributed by atoms with E-state index in [0.717, 1.165) is 0 Å². The smallest absolute Gasteiger partial charge is 0.356 e. The minimum Gasteiger partial charge on any atom is -0.461 e. The summed E-state index contributed by atoms with van der Waals surface area (Å²) < 4.78 is 17.1. The van der Waals surface area contributed by atoms with Crippen LogP contribution in [-0.4, -0.2) is 58.7 Å². The van der Waals surface area contributed by atoms with Crippen LogP contribution in [-0.2, 0) is 20.6 Å². The first-order valence-electron chi connectivity index (χ1n) is 7.07. The Morgan fingerprint density at radius 3 is 2.75 bits per heavy atom. The van der Waals surface area contributed by atoms with Gasteiger partial charge in [-0.3, -0.25) is 0 Å². The van der Waals surface area contributed by atoms with Gasteiger partial charge in [-0.2, -0.15) is 0 Å². The molecule has 1 atom stereocenters. The summed E-state index contributed by atoms with van der Waals surface area (Å²) in [4.78, 5) is 16.2. The van der Waals surface area contributed by atoms with Crippen molar-refractivity contribution in [3.63, 3.8) is 0 Å². The standard InChI is InChI=1S/C13H13B3IN2O4P/c1-2-22-13(20)8-5-18-12-10(15)7(6-21-3-4-23-24-17)9(14)11(16)19(8)12/h5,24H,2-4,6H2,1H3. The minimum absolute atomic E-state index is 0.170. The number of hydrogen-bond donors (Lipinski definition) is 0. The Hall–Kier alpha value is -0.565. The number of carbonyl (C=O) groups excluding carboxylic acids is 1. The van der Waals surface area contributed by atoms with Crippen LogP contribution in [0.1, 0.15) is 23.0 Å². The Morgan fingerprint density at radius 2 is 2.08 bits per heavy atom. The van der Waals surface area contributed by atoms with Gasteiger partial charge in [0.05, 0.1) is 39.1 Å². The normalized spacial score (nSPS) is 11.6. The quantitative estimate of drug-likeness (QED) is 0.176. The summed E-state index contributed by atoms with van der Waals surface area (Å²) in [6, 6.07) is 0. The zero-order chi connectivity index (χ0) is 17.7. The molecule has 0 amide bonds. The van der Waals surface area contributed by atoms with E-state index < -0.39 is 5.97 Å². The van der Waals surface area contributed by atoms with Gasteiger partial charge in [0.15, 0.2) is 5.69 Å². The molecule has 0 aliphatic rings. The predicted molar refractivity (Wildman–Crippen MR) is 105 cm³/mol. The van der Waals surface area contributed by atoms with Gasteiger partial charge in [0, 0.05) is 0 Å². The molecule has 0 saturated heterocycles. The molecule has 2 aromatic heterocycles. The molecule has 2 heterocycles. The zero-order valence-corrected chi connectivity index (χ0v) is 16.2. The number of rotatable bonds is 8. The van der Waals surface area contributed by atoms with Crippen LogP contribution in [0.25, 0.3) is 5.65 Å². The van der Waals surface area contributed by atoms with Gasteiger partial charge < -0.3 is 18.4 Å². The molecule has 2 rings (SSSR count). The molecule has 11 heteroatoms. The lowest BCUT2D eigenvalue weighted by Crippen LogP contribution is -2.42. The average Bonchev–Trinajstić information content (AvgIpc) is 3.01. The van der Waals surface area contributed by atoms with E-state index in [1.807, 2.05) is 0 Å². The Kier molecular flexibility index (Phi) is 7.59. The van der Waals surface area contributed by atoms with Crippen molar-refractivity contribution < 1.29 is 18.8 Å². The molecule has 6 radical (unpaired) electrons. The number of esters is 1. The van der Waals surface area contributed by atoms with E-state index in [-0.39, 0.29) is 30.0 Å². The van der Waals surface area contributed by atoms with E-state index in [1.165, 1.54) is 10.6 Å². The first-order valence-corrected chi connectivity index (χ1v) is 11.1. The first kappa shape index (κ1) is 19.8. The maximum absolute atomic E-state index is 12.0. The highest BCUT2D eigenvalue weighted by molar-refractivity contribution is 14.2. The van der Waals surface area contributed by atoms with Crippen molar-refractivity contribution >= 4 is 80.2 Å². The fourth-order valence-corrected chi connectivity index (χ4v) is 2.98. The molecule has 0 aromatic carbocycles. The number of carbonyl (C=O) groups is 1. The lowest BCUT2D eigenvalue weighted by molar-refractivity contribution is 0.0518. The van der Waals surface area contributed by atoms with Crippen molar-refractivity contribution in [2.45, 2.75) is 13.5 Å². The van der Waals surface area contributed by atoms with Gasteiger partial charge in [0.25, 0.3) is 0 Å². The predicted octanol–water partition coefficient (Wildman–Crippen LogP) is -0.631. The van der Waals surface area contributed by atoms with Gasteiger partial charge >= 0.3 is 5.97 Å². The molecular weight excluding hydrogens is 438 g/mol. The fourth-order valence-electron chi connectivity index (χ4n) is 2.16. The lowest BCUT2D eigenvalue weighted by atomic mass is 9.76. The van der Waals surface area contributed by atoms with E-state index in [2.05, 4.69) is 27.0 Å². The summed E-state index contributed by atoms with van der Waals surface area (Å²) in [6.07, 6.45) is 1.36. The largest absolute Gasteiger partial charge is 0.461 e. The van der Waals surface area contributed by atoms with Crippen LogP contribution in [0, 0.1) is 0 Å². The van der Waals surface area contributed by atoms with Crippen molar-refractivity contribution in [2.24, 2.45) is 0 Å². The van der Waals surface area contributed by atoms with Crippen molar-refractivity contribution in [1.29, 1.82) is 0 Å². The van der Waals surface area contributed by atoms with Crippen molar-refractivity contribution in [3.05, 3.63) is 17.5 Å². The molecule has 0 bridgehead atoms. The van der Waals surface area contributed by atoms with E-state index >= 15 is 0 Å². The van der Waals surface area contributed by atoms with E-state index in [9.17, 15) is 4.79 Å². The summed E-state index contributed by atoms with van der Waals surface area (Å²) in [7, 11) is 18.3. The molecule has 0 N–H and O–H groups in total. The Morgan fingerprint density at radius 1 is 1.33 bits per heavy atom. The molecule has 6 nitrogen and oxygen atoms in total. The van der Waals surface area contributed by atoms with Gasteiger partial charge in [-0.1, -0.05) is 5.46 Å². The summed E-state index contributed by atoms with van der Waals surface area (Å²) in [5, 5.41) is 0. The fraction of sp³-hybridized carbons (Fsp3) is 0.385. The number of halogens is 1. The summed E-state index contributed by atoms with van der Waals surface area (Å²) in [6.45, 7) is 3.39. The Labute approximate surface area is 159 Å². The van der Waals surface area contributed by atoms with Crippen LogP contribution in [0.5, 0.6) is 0 Å². The summed E-state index contributed by atoms with van der Waals surface area (Å²) in [5.74, 6) is -0.545. The van der Waals surface area contributed by atoms with E-state index in [1.54, 1.807) is 6.92 Å². The maximum atomic E-state index is 12.0. The average molecular weight is 452 g/mol. The number of pyridine rings is 1.